The van der Waals surface area contributed by atoms with Gasteiger partial charge in [-0.05, 0) is 11.6 Å². The summed E-state index contributed by atoms with van der Waals surface area (Å²) in [5.41, 5.74) is 0.190. The lowest BCUT2D eigenvalue weighted by Crippen LogP contribution is -2.34. The van der Waals surface area contributed by atoms with Gasteiger partial charge < -0.3 is 9.72 Å². The highest BCUT2D eigenvalue weighted by molar-refractivity contribution is 6.28. The fourth-order valence-electron chi connectivity index (χ4n) is 1.11. The van der Waals surface area contributed by atoms with Gasteiger partial charge in [-0.15, -0.1) is 0 Å². The van der Waals surface area contributed by atoms with Crippen LogP contribution in [0.1, 0.15) is 0 Å². The van der Waals surface area contributed by atoms with Crippen LogP contribution in [-0.4, -0.2) is 38.9 Å². The smallest absolute Gasteiger partial charge is 0.340 e. The Balaban J connectivity index is 2.24. The molecule has 2 heterocycles. The maximum Gasteiger partial charge on any atom is 0.340 e. The topological polar surface area (TPSA) is 63.7 Å². The van der Waals surface area contributed by atoms with E-state index in [2.05, 4.69) is 24.7 Å². The molecule has 0 saturated carbocycles. The molecule has 0 aromatic carbocycles. The number of ether oxygens (including phenoxy) is 1. The van der Waals surface area contributed by atoms with Gasteiger partial charge in [-0.3, -0.25) is 0 Å². The first kappa shape index (κ1) is 12.8. The highest BCUT2D eigenvalue weighted by Crippen LogP contribution is 2.26. The number of aromatic nitrogens is 4. The quantitative estimate of drug-likeness (QED) is 0.691. The van der Waals surface area contributed by atoms with Crippen LogP contribution in [0.25, 0.3) is 11.2 Å². The number of imidazole rings is 1. The van der Waals surface area contributed by atoms with Gasteiger partial charge in [0.15, 0.2) is 12.3 Å². The molecular weight excluding hydrogens is 280 g/mol. The van der Waals surface area contributed by atoms with Gasteiger partial charge in [-0.25, -0.2) is 13.8 Å². The SMILES string of the molecule is FC(F)C(F)(F)COc1nc(Cl)nc2nc[nH]c12. The van der Waals surface area contributed by atoms with Crippen molar-refractivity contribution in [1.29, 1.82) is 0 Å². The zero-order valence-corrected chi connectivity index (χ0v) is 9.26. The van der Waals surface area contributed by atoms with E-state index in [1.807, 2.05) is 0 Å². The summed E-state index contributed by atoms with van der Waals surface area (Å²) in [6.45, 7) is -1.52. The molecule has 0 aliphatic carbocycles. The van der Waals surface area contributed by atoms with E-state index in [0.717, 1.165) is 0 Å². The second kappa shape index (κ2) is 4.56. The molecule has 0 spiro atoms. The van der Waals surface area contributed by atoms with Crippen LogP contribution in [0.15, 0.2) is 6.33 Å². The third-order valence-electron chi connectivity index (χ3n) is 1.95. The molecule has 5 nitrogen and oxygen atoms in total. The number of alkyl halides is 4. The third-order valence-corrected chi connectivity index (χ3v) is 2.11. The maximum absolute atomic E-state index is 12.7. The molecule has 1 N–H and O–H groups in total. The first-order valence-corrected chi connectivity index (χ1v) is 4.93. The molecule has 10 heteroatoms. The van der Waals surface area contributed by atoms with Gasteiger partial charge in [-0.1, -0.05) is 0 Å². The first-order chi connectivity index (χ1) is 8.40. The molecule has 98 valence electrons. The fourth-order valence-corrected chi connectivity index (χ4v) is 1.27. The Kier molecular flexibility index (Phi) is 3.24. The predicted octanol–water partition coefficient (Wildman–Crippen LogP) is 2.29. The molecule has 0 aliphatic rings. The van der Waals surface area contributed by atoms with Gasteiger partial charge >= 0.3 is 12.3 Å². The van der Waals surface area contributed by atoms with E-state index in [1.54, 1.807) is 0 Å². The second-order valence-electron chi connectivity index (χ2n) is 3.25. The molecule has 2 aromatic heterocycles. The lowest BCUT2D eigenvalue weighted by molar-refractivity contribution is -0.148. The standard InChI is InChI=1S/C8H5ClF4N4O/c9-7-16-4-3(14-2-15-4)5(17-7)18-1-8(12,13)6(10)11/h2,6H,1H2,(H,14,15,16,17). The van der Waals surface area contributed by atoms with E-state index in [4.69, 9.17) is 11.6 Å². The molecule has 0 saturated heterocycles. The Morgan fingerprint density at radius 2 is 2.11 bits per heavy atom. The van der Waals surface area contributed by atoms with Crippen molar-refractivity contribution in [3.8, 4) is 5.88 Å². The number of rotatable bonds is 4. The van der Waals surface area contributed by atoms with Crippen LogP contribution in [0, 0.1) is 0 Å². The zero-order valence-electron chi connectivity index (χ0n) is 8.50. The number of nitrogens with one attached hydrogen (secondary N) is 1. The molecule has 0 amide bonds. The lowest BCUT2D eigenvalue weighted by Gasteiger charge is -2.15. The van der Waals surface area contributed by atoms with E-state index >= 15 is 0 Å². The number of fused-ring (bicyclic) bond motifs is 1. The molecule has 0 fully saturated rings. The number of nitrogens with zero attached hydrogens (tertiary/aromatic N) is 3. The highest BCUT2D eigenvalue weighted by atomic mass is 35.5. The van der Waals surface area contributed by atoms with Crippen LogP contribution in [0.5, 0.6) is 5.88 Å². The Bertz CT molecular complexity index is 561. The molecule has 0 unspecified atom stereocenters. The molecule has 0 bridgehead atoms. The summed E-state index contributed by atoms with van der Waals surface area (Å²) in [6.07, 6.45) is -2.61. The Morgan fingerprint density at radius 3 is 2.78 bits per heavy atom. The molecule has 2 rings (SSSR count). The number of hydrogen-bond donors (Lipinski definition) is 1. The summed E-state index contributed by atoms with van der Waals surface area (Å²) in [5.74, 6) is -4.63. The lowest BCUT2D eigenvalue weighted by atomic mass is 10.4. The second-order valence-corrected chi connectivity index (χ2v) is 3.59. The Hall–Kier alpha value is -1.64. The van der Waals surface area contributed by atoms with Crippen molar-refractivity contribution >= 4 is 22.8 Å². The van der Waals surface area contributed by atoms with Crippen molar-refractivity contribution in [2.24, 2.45) is 0 Å². The van der Waals surface area contributed by atoms with Crippen LogP contribution in [-0.2, 0) is 0 Å². The molecule has 0 radical (unpaired) electrons. The van der Waals surface area contributed by atoms with Gasteiger partial charge in [0.05, 0.1) is 6.33 Å². The van der Waals surface area contributed by atoms with Crippen LogP contribution in [0.4, 0.5) is 17.6 Å². The first-order valence-electron chi connectivity index (χ1n) is 4.55. The summed E-state index contributed by atoms with van der Waals surface area (Å²) >= 11 is 5.50. The van der Waals surface area contributed by atoms with Crippen LogP contribution < -0.4 is 4.74 Å². The predicted molar refractivity (Wildman–Crippen MR) is 53.1 cm³/mol. The molecular formula is C8H5ClF4N4O. The van der Waals surface area contributed by atoms with E-state index in [0.29, 0.717) is 0 Å². The van der Waals surface area contributed by atoms with Crippen molar-refractivity contribution in [3.63, 3.8) is 0 Å². The molecule has 0 aliphatic heterocycles. The van der Waals surface area contributed by atoms with E-state index in [-0.39, 0.29) is 22.3 Å². The molecule has 18 heavy (non-hydrogen) atoms. The normalized spacial score (nSPS) is 12.3. The summed E-state index contributed by atoms with van der Waals surface area (Å²) in [7, 11) is 0. The van der Waals surface area contributed by atoms with E-state index in [9.17, 15) is 17.6 Å². The summed E-state index contributed by atoms with van der Waals surface area (Å²) in [5, 5.41) is -0.287. The van der Waals surface area contributed by atoms with Gasteiger partial charge in [0.25, 0.3) is 0 Å². The number of aromatic amines is 1. The average molecular weight is 285 g/mol. The van der Waals surface area contributed by atoms with Gasteiger partial charge in [0.2, 0.25) is 11.2 Å². The summed E-state index contributed by atoms with van der Waals surface area (Å²) in [4.78, 5) is 13.4. The van der Waals surface area contributed by atoms with Crippen molar-refractivity contribution < 1.29 is 22.3 Å². The van der Waals surface area contributed by atoms with Gasteiger partial charge in [0, 0.05) is 0 Å². The third kappa shape index (κ3) is 2.45. The number of hydrogen-bond acceptors (Lipinski definition) is 4. The average Bonchev–Trinajstić information content (AvgIpc) is 2.73. The molecule has 2 aromatic rings. The fraction of sp³-hybridized carbons (Fsp3) is 0.375. The maximum atomic E-state index is 12.7. The summed E-state index contributed by atoms with van der Waals surface area (Å²) < 4.78 is 53.8. The zero-order chi connectivity index (χ0) is 13.3. The van der Waals surface area contributed by atoms with Crippen molar-refractivity contribution in [2.75, 3.05) is 6.61 Å². The van der Waals surface area contributed by atoms with E-state index < -0.39 is 19.0 Å². The van der Waals surface area contributed by atoms with Crippen molar-refractivity contribution in [3.05, 3.63) is 11.6 Å². The minimum absolute atomic E-state index is 0.0883. The van der Waals surface area contributed by atoms with Gasteiger partial charge in [0.1, 0.15) is 5.52 Å². The van der Waals surface area contributed by atoms with E-state index in [1.165, 1.54) is 6.33 Å². The van der Waals surface area contributed by atoms with Crippen LogP contribution >= 0.6 is 11.6 Å². The minimum Gasteiger partial charge on any atom is -0.469 e. The van der Waals surface area contributed by atoms with Gasteiger partial charge in [-0.2, -0.15) is 18.7 Å². The van der Waals surface area contributed by atoms with Crippen LogP contribution in [0.3, 0.4) is 0 Å². The minimum atomic E-state index is -4.27. The van der Waals surface area contributed by atoms with Crippen molar-refractivity contribution in [2.45, 2.75) is 12.3 Å². The number of H-pyrrole nitrogens is 1. The summed E-state index contributed by atoms with van der Waals surface area (Å²) in [6, 6.07) is 0. The molecule has 0 atom stereocenters. The number of halogens is 5. The monoisotopic (exact) mass is 284 g/mol. The van der Waals surface area contributed by atoms with Crippen molar-refractivity contribution in [1.82, 2.24) is 19.9 Å². The highest BCUT2D eigenvalue weighted by Gasteiger charge is 2.42. The Labute approximate surface area is 102 Å². The van der Waals surface area contributed by atoms with Crippen LogP contribution in [0.2, 0.25) is 5.28 Å². The Morgan fingerprint density at radius 1 is 1.39 bits per heavy atom. The largest absolute Gasteiger partial charge is 0.469 e.